The van der Waals surface area contributed by atoms with Gasteiger partial charge < -0.3 is 20.3 Å². The number of nitrogens with one attached hydrogen (secondary N) is 2. The van der Waals surface area contributed by atoms with Crippen molar-refractivity contribution in [3.8, 4) is 0 Å². The normalized spacial score (nSPS) is 21.1. The smallest absolute Gasteiger partial charge is 0.310 e. The third kappa shape index (κ3) is 6.45. The summed E-state index contributed by atoms with van der Waals surface area (Å²) in [5.41, 5.74) is -0.389. The van der Waals surface area contributed by atoms with Gasteiger partial charge >= 0.3 is 5.97 Å². The molecular formula is C16H31IN4O3. The quantitative estimate of drug-likeness (QED) is 0.219. The van der Waals surface area contributed by atoms with E-state index in [4.69, 9.17) is 4.74 Å². The highest BCUT2D eigenvalue weighted by atomic mass is 127. The van der Waals surface area contributed by atoms with Gasteiger partial charge in [0.1, 0.15) is 0 Å². The Kier molecular flexibility index (Phi) is 9.61. The lowest BCUT2D eigenvalue weighted by atomic mass is 9.96. The number of hydrogen-bond acceptors (Lipinski definition) is 4. The lowest BCUT2D eigenvalue weighted by Crippen LogP contribution is -2.45. The first-order valence-corrected chi connectivity index (χ1v) is 8.02. The van der Waals surface area contributed by atoms with Crippen LogP contribution in [0.4, 0.5) is 0 Å². The van der Waals surface area contributed by atoms with Crippen LogP contribution < -0.4 is 10.6 Å². The van der Waals surface area contributed by atoms with Crippen LogP contribution in [0.1, 0.15) is 27.7 Å². The van der Waals surface area contributed by atoms with E-state index in [0.29, 0.717) is 19.6 Å². The third-order valence-corrected chi connectivity index (χ3v) is 4.00. The largest absolute Gasteiger partial charge is 0.469 e. The number of esters is 1. The molecule has 1 aliphatic rings. The molecule has 0 bridgehead atoms. The molecule has 0 aromatic heterocycles. The van der Waals surface area contributed by atoms with E-state index in [9.17, 15) is 9.59 Å². The monoisotopic (exact) mass is 454 g/mol. The number of carbonyl (C=O) groups excluding carboxylic acids is 2. The summed E-state index contributed by atoms with van der Waals surface area (Å²) in [6, 6.07) is 0. The maximum atomic E-state index is 11.8. The molecule has 0 spiro atoms. The Morgan fingerprint density at radius 2 is 1.79 bits per heavy atom. The number of guanidine groups is 1. The average Bonchev–Trinajstić information content (AvgIpc) is 2.87. The van der Waals surface area contributed by atoms with Gasteiger partial charge in [-0.1, -0.05) is 27.7 Å². The maximum Gasteiger partial charge on any atom is 0.310 e. The summed E-state index contributed by atoms with van der Waals surface area (Å²) in [6.07, 6.45) is 0. The second kappa shape index (κ2) is 10.0. The molecule has 0 saturated carbocycles. The number of halogens is 1. The molecule has 0 aromatic rings. The predicted molar refractivity (Wildman–Crippen MR) is 105 cm³/mol. The summed E-state index contributed by atoms with van der Waals surface area (Å²) in [6.45, 7) is 10.2. The number of ether oxygens (including phenoxy) is 1. The Morgan fingerprint density at radius 3 is 2.29 bits per heavy atom. The topological polar surface area (TPSA) is 83.0 Å². The van der Waals surface area contributed by atoms with Gasteiger partial charge in [0.2, 0.25) is 5.91 Å². The van der Waals surface area contributed by atoms with Crippen LogP contribution in [0.5, 0.6) is 0 Å². The van der Waals surface area contributed by atoms with Crippen LogP contribution in [0.2, 0.25) is 0 Å². The van der Waals surface area contributed by atoms with Crippen LogP contribution in [0.25, 0.3) is 0 Å². The molecule has 0 radical (unpaired) electrons. The Morgan fingerprint density at radius 1 is 1.21 bits per heavy atom. The van der Waals surface area contributed by atoms with E-state index in [0.717, 1.165) is 12.5 Å². The van der Waals surface area contributed by atoms with Gasteiger partial charge in [-0.2, -0.15) is 0 Å². The molecule has 1 fully saturated rings. The summed E-state index contributed by atoms with van der Waals surface area (Å²) in [7, 11) is 3.13. The van der Waals surface area contributed by atoms with Crippen molar-refractivity contribution >= 4 is 41.8 Å². The van der Waals surface area contributed by atoms with Crippen molar-refractivity contribution in [3.05, 3.63) is 0 Å². The van der Waals surface area contributed by atoms with Gasteiger partial charge in [-0.3, -0.25) is 14.6 Å². The molecule has 140 valence electrons. The SMILES string of the molecule is CN=C(NCCNC(=O)C(C)(C)C)N1CC(C)C(C(=O)OC)C1.I. The second-order valence-corrected chi connectivity index (χ2v) is 6.99. The van der Waals surface area contributed by atoms with Crippen molar-refractivity contribution in [2.75, 3.05) is 40.3 Å². The number of nitrogens with zero attached hydrogens (tertiary/aromatic N) is 2. The highest BCUT2D eigenvalue weighted by molar-refractivity contribution is 14.0. The fraction of sp³-hybridized carbons (Fsp3) is 0.812. The molecule has 0 aromatic carbocycles. The zero-order valence-electron chi connectivity index (χ0n) is 15.5. The molecule has 1 aliphatic heterocycles. The van der Waals surface area contributed by atoms with Gasteiger partial charge in [0, 0.05) is 38.6 Å². The van der Waals surface area contributed by atoms with Gasteiger partial charge in [0.15, 0.2) is 5.96 Å². The van der Waals surface area contributed by atoms with E-state index in [1.54, 1.807) is 7.05 Å². The number of hydrogen-bond donors (Lipinski definition) is 2. The lowest BCUT2D eigenvalue weighted by molar-refractivity contribution is -0.146. The second-order valence-electron chi connectivity index (χ2n) is 6.99. The van der Waals surface area contributed by atoms with Crippen LogP contribution in [0.15, 0.2) is 4.99 Å². The number of amides is 1. The van der Waals surface area contributed by atoms with Crippen molar-refractivity contribution in [2.24, 2.45) is 22.2 Å². The van der Waals surface area contributed by atoms with Crippen LogP contribution in [-0.2, 0) is 14.3 Å². The Labute approximate surface area is 162 Å². The molecule has 8 heteroatoms. The molecule has 2 N–H and O–H groups in total. The lowest BCUT2D eigenvalue weighted by Gasteiger charge is -2.22. The van der Waals surface area contributed by atoms with Crippen LogP contribution >= 0.6 is 24.0 Å². The number of aliphatic imine (C=N–C) groups is 1. The van der Waals surface area contributed by atoms with Crippen molar-refractivity contribution in [2.45, 2.75) is 27.7 Å². The maximum absolute atomic E-state index is 11.8. The Balaban J connectivity index is 0.00000529. The minimum atomic E-state index is -0.389. The van der Waals surface area contributed by atoms with Gasteiger partial charge in [0.05, 0.1) is 13.0 Å². The average molecular weight is 454 g/mol. The first-order chi connectivity index (χ1) is 10.7. The first-order valence-electron chi connectivity index (χ1n) is 8.02. The summed E-state index contributed by atoms with van der Waals surface area (Å²) >= 11 is 0. The van der Waals surface area contributed by atoms with E-state index >= 15 is 0 Å². The standard InChI is InChI=1S/C16H30N4O3.HI/c1-11-9-20(10-12(11)13(21)23-6)15(17-5)19-8-7-18-14(22)16(2,3)4;/h11-12H,7-10H2,1-6H3,(H,17,19)(H,18,22);1H. The van der Waals surface area contributed by atoms with E-state index < -0.39 is 0 Å². The molecule has 7 nitrogen and oxygen atoms in total. The summed E-state index contributed by atoms with van der Waals surface area (Å²) in [5.74, 6) is 0.691. The number of rotatable bonds is 4. The zero-order chi connectivity index (χ0) is 17.6. The molecule has 2 unspecified atom stereocenters. The van der Waals surface area contributed by atoms with Crippen molar-refractivity contribution in [1.29, 1.82) is 0 Å². The zero-order valence-corrected chi connectivity index (χ0v) is 17.8. The molecule has 0 aliphatic carbocycles. The summed E-state index contributed by atoms with van der Waals surface area (Å²) < 4.78 is 4.85. The number of likely N-dealkylation sites (tertiary alicyclic amines) is 1. The highest BCUT2D eigenvalue weighted by Gasteiger charge is 2.36. The Bertz CT molecular complexity index is 463. The highest BCUT2D eigenvalue weighted by Crippen LogP contribution is 2.23. The van der Waals surface area contributed by atoms with E-state index in [-0.39, 0.29) is 53.1 Å². The fourth-order valence-corrected chi connectivity index (χ4v) is 2.55. The van der Waals surface area contributed by atoms with Gasteiger partial charge in [-0.05, 0) is 5.92 Å². The minimum absolute atomic E-state index is 0. The summed E-state index contributed by atoms with van der Waals surface area (Å²) in [4.78, 5) is 29.9. The molecule has 1 rings (SSSR count). The molecule has 1 heterocycles. The van der Waals surface area contributed by atoms with Crippen LogP contribution in [-0.4, -0.2) is 63.1 Å². The van der Waals surface area contributed by atoms with E-state index in [2.05, 4.69) is 20.5 Å². The van der Waals surface area contributed by atoms with Gasteiger partial charge in [-0.15, -0.1) is 24.0 Å². The number of methoxy groups -OCH3 is 1. The van der Waals surface area contributed by atoms with Crippen LogP contribution in [0.3, 0.4) is 0 Å². The summed E-state index contributed by atoms with van der Waals surface area (Å²) in [5, 5.41) is 6.11. The fourth-order valence-electron chi connectivity index (χ4n) is 2.55. The van der Waals surface area contributed by atoms with Crippen molar-refractivity contribution in [1.82, 2.24) is 15.5 Å². The molecular weight excluding hydrogens is 423 g/mol. The van der Waals surface area contributed by atoms with E-state index in [1.165, 1.54) is 7.11 Å². The van der Waals surface area contributed by atoms with Crippen LogP contribution in [0, 0.1) is 17.3 Å². The minimum Gasteiger partial charge on any atom is -0.469 e. The molecule has 2 atom stereocenters. The van der Waals surface area contributed by atoms with E-state index in [1.807, 2.05) is 27.7 Å². The Hall–Kier alpha value is -1.06. The number of carbonyl (C=O) groups is 2. The van der Waals surface area contributed by atoms with Crippen molar-refractivity contribution < 1.29 is 14.3 Å². The van der Waals surface area contributed by atoms with Gasteiger partial charge in [0.25, 0.3) is 0 Å². The predicted octanol–water partition coefficient (Wildman–Crippen LogP) is 1.08. The van der Waals surface area contributed by atoms with Crippen molar-refractivity contribution in [3.63, 3.8) is 0 Å². The molecule has 1 saturated heterocycles. The van der Waals surface area contributed by atoms with Gasteiger partial charge in [-0.25, -0.2) is 0 Å². The third-order valence-electron chi connectivity index (χ3n) is 4.00. The molecule has 1 amide bonds. The first kappa shape index (κ1) is 22.9. The molecule has 24 heavy (non-hydrogen) atoms.